The van der Waals surface area contributed by atoms with Crippen LogP contribution in [0.2, 0.25) is 0 Å². The molecule has 1 atom stereocenters. The Kier molecular flexibility index (Phi) is 5.88. The third-order valence-corrected chi connectivity index (χ3v) is 4.84. The van der Waals surface area contributed by atoms with Gasteiger partial charge in [0.05, 0.1) is 5.56 Å². The monoisotopic (exact) mass is 368 g/mol. The molecule has 27 heavy (non-hydrogen) atoms. The molecule has 0 radical (unpaired) electrons. The van der Waals surface area contributed by atoms with Crippen molar-refractivity contribution in [1.82, 2.24) is 15.3 Å². The van der Waals surface area contributed by atoms with Gasteiger partial charge in [0.25, 0.3) is 0 Å². The van der Waals surface area contributed by atoms with Crippen LogP contribution in [-0.4, -0.2) is 41.4 Å². The maximum Gasteiger partial charge on any atom is 0.214 e. The van der Waals surface area contributed by atoms with Gasteiger partial charge in [-0.2, -0.15) is 0 Å². The molecule has 3 heterocycles. The highest BCUT2D eigenvalue weighted by atomic mass is 16.1. The number of terminal acetylenes is 1. The zero-order chi connectivity index (χ0) is 19.4. The molecule has 0 aliphatic carbocycles. The van der Waals surface area contributed by atoms with Crippen LogP contribution < -0.4 is 10.2 Å². The topological polar surface area (TPSA) is 58.1 Å². The zero-order valence-electron chi connectivity index (χ0n) is 16.2. The van der Waals surface area contributed by atoms with E-state index in [0.29, 0.717) is 34.5 Å². The fraction of sp³-hybridized carbons (Fsp3) is 0.409. The van der Waals surface area contributed by atoms with E-state index >= 15 is 0 Å². The fourth-order valence-electron chi connectivity index (χ4n) is 3.53. The highest BCUT2D eigenvalue weighted by Gasteiger charge is 2.23. The molecule has 146 valence electrons. The van der Waals surface area contributed by atoms with Crippen LogP contribution >= 0.6 is 0 Å². The van der Waals surface area contributed by atoms with E-state index in [1.807, 2.05) is 19.1 Å². The van der Waals surface area contributed by atoms with E-state index < -0.39 is 0 Å². The number of hydrogen-bond acceptors (Lipinski definition) is 5. The Morgan fingerprint density at radius 1 is 1.44 bits per heavy atom. The Morgan fingerprint density at radius 3 is 2.96 bits per heavy atom. The third-order valence-electron chi connectivity index (χ3n) is 4.84. The minimum atomic E-state index is -0.177. The Morgan fingerprint density at radius 2 is 2.26 bits per heavy atom. The number of nitrogens with one attached hydrogen (secondary N) is 1. The SMILES string of the molecule is C#Cc1ccc(N2CCN[C@@H](CC(C)C)C2)nc1C(=O)c1cccnc1C.[HH].[HH].[HH]. The molecule has 1 N–H and O–H groups in total. The molecular weight excluding hydrogens is 336 g/mol. The molecular formula is C22H32N4O. The summed E-state index contributed by atoms with van der Waals surface area (Å²) in [6, 6.07) is 7.68. The summed E-state index contributed by atoms with van der Waals surface area (Å²) in [5.41, 5.74) is 2.05. The van der Waals surface area contributed by atoms with Gasteiger partial charge >= 0.3 is 0 Å². The first-order valence-electron chi connectivity index (χ1n) is 9.42. The second-order valence-corrected chi connectivity index (χ2v) is 7.40. The molecule has 3 rings (SSSR count). The van der Waals surface area contributed by atoms with Crippen LogP contribution in [0.15, 0.2) is 30.5 Å². The Balaban J connectivity index is 0.00000280. The summed E-state index contributed by atoms with van der Waals surface area (Å²) in [4.78, 5) is 24.2. The van der Waals surface area contributed by atoms with Crippen molar-refractivity contribution in [3.05, 3.63) is 53.0 Å². The Bertz CT molecular complexity index is 883. The van der Waals surface area contributed by atoms with Crippen molar-refractivity contribution in [3.63, 3.8) is 0 Å². The van der Waals surface area contributed by atoms with Gasteiger partial charge in [-0.25, -0.2) is 4.98 Å². The minimum absolute atomic E-state index is 0. The summed E-state index contributed by atoms with van der Waals surface area (Å²) in [6.07, 6.45) is 8.41. The summed E-state index contributed by atoms with van der Waals surface area (Å²) in [6.45, 7) is 8.91. The lowest BCUT2D eigenvalue weighted by Crippen LogP contribution is -2.51. The van der Waals surface area contributed by atoms with Crippen molar-refractivity contribution in [2.75, 3.05) is 24.5 Å². The predicted molar refractivity (Wildman–Crippen MR) is 114 cm³/mol. The molecule has 0 spiro atoms. The van der Waals surface area contributed by atoms with Crippen molar-refractivity contribution >= 4 is 11.6 Å². The second kappa shape index (κ2) is 8.32. The first kappa shape index (κ1) is 19.1. The number of piperazine rings is 1. The lowest BCUT2D eigenvalue weighted by Gasteiger charge is -2.35. The molecule has 2 aromatic rings. The number of aryl methyl sites for hydroxylation is 1. The van der Waals surface area contributed by atoms with Gasteiger partial charge in [-0.05, 0) is 43.5 Å². The quantitative estimate of drug-likeness (QED) is 0.646. The normalized spacial score (nSPS) is 17.0. The van der Waals surface area contributed by atoms with Crippen LogP contribution in [0.25, 0.3) is 0 Å². The molecule has 1 saturated heterocycles. The van der Waals surface area contributed by atoms with E-state index in [1.165, 1.54) is 0 Å². The van der Waals surface area contributed by atoms with Crippen molar-refractivity contribution in [1.29, 1.82) is 0 Å². The van der Waals surface area contributed by atoms with Crippen LogP contribution in [0, 0.1) is 25.2 Å². The van der Waals surface area contributed by atoms with Gasteiger partial charge in [-0.3, -0.25) is 9.78 Å². The van der Waals surface area contributed by atoms with Crippen molar-refractivity contribution in [2.24, 2.45) is 5.92 Å². The number of pyridine rings is 2. The Labute approximate surface area is 165 Å². The van der Waals surface area contributed by atoms with Crippen LogP contribution in [-0.2, 0) is 0 Å². The largest absolute Gasteiger partial charge is 0.354 e. The van der Waals surface area contributed by atoms with Gasteiger partial charge < -0.3 is 10.2 Å². The van der Waals surface area contributed by atoms with Gasteiger partial charge in [0.15, 0.2) is 0 Å². The first-order chi connectivity index (χ1) is 13.0. The van der Waals surface area contributed by atoms with E-state index in [2.05, 4.69) is 40.0 Å². The smallest absolute Gasteiger partial charge is 0.214 e. The van der Waals surface area contributed by atoms with Crippen molar-refractivity contribution < 1.29 is 9.07 Å². The molecule has 1 aliphatic rings. The average molecular weight is 369 g/mol. The van der Waals surface area contributed by atoms with Gasteiger partial charge in [0, 0.05) is 47.4 Å². The molecule has 5 nitrogen and oxygen atoms in total. The number of ketones is 1. The number of anilines is 1. The molecule has 1 aliphatic heterocycles. The second-order valence-electron chi connectivity index (χ2n) is 7.40. The molecule has 0 unspecified atom stereocenters. The molecule has 0 saturated carbocycles. The van der Waals surface area contributed by atoms with Crippen LogP contribution in [0.4, 0.5) is 5.82 Å². The number of rotatable bonds is 5. The maximum absolute atomic E-state index is 13.1. The van der Waals surface area contributed by atoms with E-state index in [-0.39, 0.29) is 10.1 Å². The van der Waals surface area contributed by atoms with Gasteiger partial charge in [-0.1, -0.05) is 19.8 Å². The summed E-state index contributed by atoms with van der Waals surface area (Å²) in [5.74, 6) is 3.85. The number of aromatic nitrogens is 2. The summed E-state index contributed by atoms with van der Waals surface area (Å²) >= 11 is 0. The van der Waals surface area contributed by atoms with E-state index in [1.54, 1.807) is 18.3 Å². The molecule has 5 heteroatoms. The predicted octanol–water partition coefficient (Wildman–Crippen LogP) is 3.56. The lowest BCUT2D eigenvalue weighted by molar-refractivity contribution is 0.103. The molecule has 0 amide bonds. The number of hydrogen-bond donors (Lipinski definition) is 1. The lowest BCUT2D eigenvalue weighted by atomic mass is 10.0. The van der Waals surface area contributed by atoms with E-state index in [4.69, 9.17) is 6.42 Å². The standard InChI is InChI=1S/C22H26N4O.3H2/c1-5-17-8-9-20(26-12-11-24-18(14-26)13-15(2)3)25-21(17)22(27)19-7-6-10-23-16(19)4;;;/h1,6-10,15,18,24H,11-14H2,2-4H3;3*1H/t18-;;;/m0.../s1. The van der Waals surface area contributed by atoms with Crippen LogP contribution in [0.1, 0.15) is 51.9 Å². The summed E-state index contributed by atoms with van der Waals surface area (Å²) in [7, 11) is 0. The highest BCUT2D eigenvalue weighted by molar-refractivity contribution is 6.10. The third kappa shape index (κ3) is 4.35. The summed E-state index contributed by atoms with van der Waals surface area (Å²) < 4.78 is 0. The highest BCUT2D eigenvalue weighted by Crippen LogP contribution is 2.21. The number of nitrogens with zero attached hydrogens (tertiary/aromatic N) is 3. The van der Waals surface area contributed by atoms with Crippen molar-refractivity contribution in [2.45, 2.75) is 33.2 Å². The van der Waals surface area contributed by atoms with Crippen LogP contribution in [0.3, 0.4) is 0 Å². The fourth-order valence-corrected chi connectivity index (χ4v) is 3.53. The van der Waals surface area contributed by atoms with Gasteiger partial charge in [0.2, 0.25) is 5.78 Å². The molecule has 2 aromatic heterocycles. The van der Waals surface area contributed by atoms with Crippen molar-refractivity contribution in [3.8, 4) is 12.3 Å². The van der Waals surface area contributed by atoms with E-state index in [0.717, 1.165) is 31.9 Å². The van der Waals surface area contributed by atoms with Gasteiger partial charge in [-0.15, -0.1) is 6.42 Å². The average Bonchev–Trinajstić information content (AvgIpc) is 2.67. The van der Waals surface area contributed by atoms with Crippen LogP contribution in [0.5, 0.6) is 0 Å². The molecule has 0 aromatic carbocycles. The first-order valence-corrected chi connectivity index (χ1v) is 9.42. The Hall–Kier alpha value is -2.71. The molecule has 1 fully saturated rings. The maximum atomic E-state index is 13.1. The molecule has 0 bridgehead atoms. The number of carbonyl (C=O) groups is 1. The van der Waals surface area contributed by atoms with E-state index in [9.17, 15) is 4.79 Å². The summed E-state index contributed by atoms with van der Waals surface area (Å²) in [5, 5.41) is 3.57. The zero-order valence-corrected chi connectivity index (χ0v) is 16.2. The van der Waals surface area contributed by atoms with Gasteiger partial charge in [0.1, 0.15) is 11.5 Å². The minimum Gasteiger partial charge on any atom is -0.354 e. The number of carbonyl (C=O) groups excluding carboxylic acids is 1.